The molecular formula is C16H22BClN2O6. The number of rotatable bonds is 5. The first-order chi connectivity index (χ1) is 12.1. The summed E-state index contributed by atoms with van der Waals surface area (Å²) in [6.07, 6.45) is -0.828. The minimum Gasteiger partial charge on any atom is -0.423 e. The number of hydrogen-bond donors (Lipinski definition) is 1. The maximum Gasteiger partial charge on any atom is 0.496 e. The second-order valence-electron chi connectivity index (χ2n) is 7.06. The van der Waals surface area contributed by atoms with Crippen molar-refractivity contribution in [2.24, 2.45) is 0 Å². The van der Waals surface area contributed by atoms with E-state index in [4.69, 9.17) is 21.0 Å². The van der Waals surface area contributed by atoms with Crippen molar-refractivity contribution in [3.8, 4) is 5.75 Å². The average molecular weight is 385 g/mol. The molecule has 1 aliphatic heterocycles. The van der Waals surface area contributed by atoms with Crippen LogP contribution in [0, 0.1) is 10.1 Å². The molecule has 1 atom stereocenters. The zero-order valence-corrected chi connectivity index (χ0v) is 15.9. The van der Waals surface area contributed by atoms with Gasteiger partial charge in [-0.1, -0.05) is 18.5 Å². The number of fused-ring (bicyclic) bond motifs is 1. The summed E-state index contributed by atoms with van der Waals surface area (Å²) >= 11 is 6.14. The standard InChI is InChI=1S/C16H22BClN2O6/c1-5-8-19(16(2,3)4)15(21)25-11-7-6-10(18)13-12(9-20(23)24)26-17(22)14(11)13/h6-7,12,22H,5,8-9H2,1-4H3. The van der Waals surface area contributed by atoms with Crippen LogP contribution in [0.15, 0.2) is 12.1 Å². The molecule has 1 aliphatic rings. The lowest BCUT2D eigenvalue weighted by atomic mass is 9.78. The van der Waals surface area contributed by atoms with Gasteiger partial charge in [-0.2, -0.15) is 0 Å². The predicted octanol–water partition coefficient (Wildman–Crippen LogP) is 2.38. The molecule has 26 heavy (non-hydrogen) atoms. The van der Waals surface area contributed by atoms with Gasteiger partial charge in [0.05, 0.1) is 0 Å². The molecule has 142 valence electrons. The molecule has 2 rings (SSSR count). The molecule has 0 fully saturated rings. The van der Waals surface area contributed by atoms with Gasteiger partial charge in [0.25, 0.3) is 0 Å². The van der Waals surface area contributed by atoms with E-state index in [0.717, 1.165) is 6.42 Å². The Labute approximate surface area is 157 Å². The fraction of sp³-hybridized carbons (Fsp3) is 0.562. The van der Waals surface area contributed by atoms with Crippen molar-refractivity contribution in [1.82, 2.24) is 4.90 Å². The second-order valence-corrected chi connectivity index (χ2v) is 7.46. The van der Waals surface area contributed by atoms with E-state index >= 15 is 0 Å². The molecule has 0 bridgehead atoms. The topological polar surface area (TPSA) is 102 Å². The van der Waals surface area contributed by atoms with Crippen LogP contribution in [0.5, 0.6) is 5.75 Å². The van der Waals surface area contributed by atoms with Gasteiger partial charge in [0, 0.05) is 33.1 Å². The van der Waals surface area contributed by atoms with Gasteiger partial charge in [0.15, 0.2) is 0 Å². The van der Waals surface area contributed by atoms with Crippen LogP contribution >= 0.6 is 11.6 Å². The lowest BCUT2D eigenvalue weighted by Gasteiger charge is -2.34. The number of carbonyl (C=O) groups is 1. The van der Waals surface area contributed by atoms with E-state index in [-0.39, 0.29) is 21.8 Å². The molecule has 1 amide bonds. The molecule has 0 spiro atoms. The van der Waals surface area contributed by atoms with Crippen LogP contribution in [-0.2, 0) is 4.65 Å². The average Bonchev–Trinajstić information content (AvgIpc) is 2.83. The first-order valence-corrected chi connectivity index (χ1v) is 8.71. The molecule has 0 aromatic heterocycles. The molecular weight excluding hydrogens is 362 g/mol. The number of nitro groups is 1. The monoisotopic (exact) mass is 384 g/mol. The summed E-state index contributed by atoms with van der Waals surface area (Å²) in [6, 6.07) is 2.92. The molecule has 0 aliphatic carbocycles. The number of amides is 1. The Morgan fingerprint density at radius 2 is 2.15 bits per heavy atom. The highest BCUT2D eigenvalue weighted by molar-refractivity contribution is 6.63. The van der Waals surface area contributed by atoms with E-state index in [9.17, 15) is 19.9 Å². The maximum atomic E-state index is 12.6. The van der Waals surface area contributed by atoms with Crippen molar-refractivity contribution < 1.29 is 24.1 Å². The summed E-state index contributed by atoms with van der Waals surface area (Å²) in [5.41, 5.74) is -0.0200. The second kappa shape index (κ2) is 7.81. The van der Waals surface area contributed by atoms with E-state index in [2.05, 4.69) is 0 Å². The van der Waals surface area contributed by atoms with E-state index in [1.807, 2.05) is 27.7 Å². The van der Waals surface area contributed by atoms with Crippen LogP contribution in [0.4, 0.5) is 4.79 Å². The SMILES string of the molecule is CCCN(C(=O)Oc1ccc(Cl)c2c1B(O)OC2C[N+](=O)[O-])C(C)(C)C. The van der Waals surface area contributed by atoms with Gasteiger partial charge in [-0.3, -0.25) is 10.1 Å². The molecule has 1 N–H and O–H groups in total. The number of ether oxygens (including phenoxy) is 1. The van der Waals surface area contributed by atoms with E-state index in [0.29, 0.717) is 6.54 Å². The Kier molecular flexibility index (Phi) is 6.15. The summed E-state index contributed by atoms with van der Waals surface area (Å²) in [6.45, 7) is 7.57. The number of nitrogens with zero attached hydrogens (tertiary/aromatic N) is 2. The minimum atomic E-state index is -1.45. The Bertz CT molecular complexity index is 709. The number of hydrogen-bond acceptors (Lipinski definition) is 6. The van der Waals surface area contributed by atoms with Crippen molar-refractivity contribution in [1.29, 1.82) is 0 Å². The smallest absolute Gasteiger partial charge is 0.423 e. The van der Waals surface area contributed by atoms with Crippen molar-refractivity contribution in [3.05, 3.63) is 32.8 Å². The number of benzene rings is 1. The van der Waals surface area contributed by atoms with Gasteiger partial charge >= 0.3 is 13.2 Å². The van der Waals surface area contributed by atoms with Gasteiger partial charge in [-0.15, -0.1) is 0 Å². The first kappa shape index (κ1) is 20.5. The van der Waals surface area contributed by atoms with E-state index in [1.54, 1.807) is 4.90 Å². The maximum absolute atomic E-state index is 12.6. The minimum absolute atomic E-state index is 0.0816. The molecule has 8 nitrogen and oxygen atoms in total. The molecule has 10 heteroatoms. The number of carbonyl (C=O) groups excluding carboxylic acids is 1. The lowest BCUT2D eigenvalue weighted by molar-refractivity contribution is -0.490. The Balaban J connectivity index is 2.36. The quantitative estimate of drug-likeness (QED) is 0.475. The van der Waals surface area contributed by atoms with Crippen molar-refractivity contribution in [2.45, 2.75) is 45.8 Å². The van der Waals surface area contributed by atoms with Crippen molar-refractivity contribution in [2.75, 3.05) is 13.1 Å². The highest BCUT2D eigenvalue weighted by atomic mass is 35.5. The van der Waals surface area contributed by atoms with Crippen LogP contribution in [-0.4, -0.2) is 46.7 Å². The lowest BCUT2D eigenvalue weighted by Crippen LogP contribution is -2.48. The van der Waals surface area contributed by atoms with Gasteiger partial charge in [0.1, 0.15) is 11.9 Å². The molecule has 0 radical (unpaired) electrons. The fourth-order valence-electron chi connectivity index (χ4n) is 2.90. The van der Waals surface area contributed by atoms with Gasteiger partial charge in [0.2, 0.25) is 6.54 Å². The third-order valence-electron chi connectivity index (χ3n) is 4.05. The highest BCUT2D eigenvalue weighted by Gasteiger charge is 2.42. The number of halogens is 1. The van der Waals surface area contributed by atoms with E-state index in [1.165, 1.54) is 12.1 Å². The van der Waals surface area contributed by atoms with Gasteiger partial charge in [-0.05, 0) is 39.3 Å². The predicted molar refractivity (Wildman–Crippen MR) is 97.5 cm³/mol. The molecule has 0 saturated heterocycles. The third kappa shape index (κ3) is 4.28. The summed E-state index contributed by atoms with van der Waals surface area (Å²) in [7, 11) is -1.45. The molecule has 1 heterocycles. The summed E-state index contributed by atoms with van der Waals surface area (Å²) in [4.78, 5) is 24.5. The molecule has 1 unspecified atom stereocenters. The molecule has 0 saturated carbocycles. The molecule has 1 aromatic carbocycles. The van der Waals surface area contributed by atoms with Crippen LogP contribution in [0.25, 0.3) is 0 Å². The van der Waals surface area contributed by atoms with Gasteiger partial charge in [-0.25, -0.2) is 4.79 Å². The summed E-state index contributed by atoms with van der Waals surface area (Å²) in [5, 5.41) is 21.2. The molecule has 1 aromatic rings. The van der Waals surface area contributed by atoms with Crippen LogP contribution in [0.3, 0.4) is 0 Å². The largest absolute Gasteiger partial charge is 0.496 e. The first-order valence-electron chi connectivity index (χ1n) is 8.33. The zero-order valence-electron chi connectivity index (χ0n) is 15.2. The van der Waals surface area contributed by atoms with Crippen LogP contribution in [0.1, 0.15) is 45.8 Å². The van der Waals surface area contributed by atoms with Crippen molar-refractivity contribution >= 4 is 30.3 Å². The van der Waals surface area contributed by atoms with Crippen LogP contribution < -0.4 is 10.2 Å². The third-order valence-corrected chi connectivity index (χ3v) is 4.38. The highest BCUT2D eigenvalue weighted by Crippen LogP contribution is 2.34. The van der Waals surface area contributed by atoms with E-state index < -0.39 is 36.3 Å². The summed E-state index contributed by atoms with van der Waals surface area (Å²) < 4.78 is 10.7. The van der Waals surface area contributed by atoms with Gasteiger partial charge < -0.3 is 19.3 Å². The fourth-order valence-corrected chi connectivity index (χ4v) is 3.18. The van der Waals surface area contributed by atoms with Crippen LogP contribution in [0.2, 0.25) is 5.02 Å². The Morgan fingerprint density at radius 1 is 1.50 bits per heavy atom. The van der Waals surface area contributed by atoms with Crippen molar-refractivity contribution in [3.63, 3.8) is 0 Å². The summed E-state index contributed by atoms with van der Waals surface area (Å²) in [5.74, 6) is 0.0816. The Hall–Kier alpha value is -1.84. The normalized spacial score (nSPS) is 16.4. The Morgan fingerprint density at radius 3 is 2.69 bits per heavy atom. The zero-order chi connectivity index (χ0) is 19.6.